The maximum atomic E-state index is 14.1. The molecule has 4 rings (SSSR count). The molecule has 11 heteroatoms. The minimum absolute atomic E-state index is 0.0816. The quantitative estimate of drug-likeness (QED) is 0.0620. The first kappa shape index (κ1) is 47.1. The third-order valence-electron chi connectivity index (χ3n) is 9.78. The zero-order valence-electron chi connectivity index (χ0n) is 36.8. The van der Waals surface area contributed by atoms with Gasteiger partial charge in [-0.05, 0) is 80.0 Å². The predicted molar refractivity (Wildman–Crippen MR) is 236 cm³/mol. The van der Waals surface area contributed by atoms with Crippen LogP contribution in [0.2, 0.25) is 0 Å². The van der Waals surface area contributed by atoms with Gasteiger partial charge in [-0.15, -0.1) is 0 Å². The van der Waals surface area contributed by atoms with E-state index in [-0.39, 0.29) is 18.4 Å². The van der Waals surface area contributed by atoms with Crippen LogP contribution in [-0.4, -0.2) is 64.6 Å². The molecule has 0 aliphatic rings. The summed E-state index contributed by atoms with van der Waals surface area (Å²) < 4.78 is 16.8. The van der Waals surface area contributed by atoms with Gasteiger partial charge in [-0.2, -0.15) is 0 Å². The van der Waals surface area contributed by atoms with Crippen molar-refractivity contribution in [1.29, 1.82) is 0 Å². The lowest BCUT2D eigenvalue weighted by Gasteiger charge is -2.26. The van der Waals surface area contributed by atoms with E-state index in [9.17, 15) is 19.2 Å². The summed E-state index contributed by atoms with van der Waals surface area (Å²) in [5.74, 6) is -1.18. The fourth-order valence-electron chi connectivity index (χ4n) is 6.26. The average molecular weight is 821 g/mol. The van der Waals surface area contributed by atoms with Crippen LogP contribution in [0, 0.1) is 0 Å². The maximum absolute atomic E-state index is 14.1. The highest BCUT2D eigenvalue weighted by atomic mass is 16.6. The van der Waals surface area contributed by atoms with Crippen molar-refractivity contribution in [3.05, 3.63) is 102 Å². The third kappa shape index (κ3) is 15.5. The molecule has 4 aromatic rings. The lowest BCUT2D eigenvalue weighted by molar-refractivity contribution is -0.162. The number of nitrogens with one attached hydrogen (secondary N) is 2. The molecule has 1 heterocycles. The third-order valence-corrected chi connectivity index (χ3v) is 9.78. The van der Waals surface area contributed by atoms with Crippen LogP contribution >= 0.6 is 0 Å². The van der Waals surface area contributed by atoms with Crippen molar-refractivity contribution in [2.24, 2.45) is 0 Å². The van der Waals surface area contributed by atoms with Crippen molar-refractivity contribution >= 4 is 23.8 Å². The molecule has 0 saturated carbocycles. The lowest BCUT2D eigenvalue weighted by atomic mass is 9.86. The Bertz CT molecular complexity index is 1970. The summed E-state index contributed by atoms with van der Waals surface area (Å²) in [6.45, 7) is 16.4. The first-order valence-corrected chi connectivity index (χ1v) is 21.3. The SMILES string of the molecule is CCCCCCCOc1ccc(-c2cnc(-c3ccc(C[C@H](NC(=O)c4ccc(C(C)(C)C)cc4)C(=O)N[C@@H](CC(=O)OCCCC)C(=O)OC(C)(C)C)cc3)nc2)cc1. The smallest absolute Gasteiger partial charge is 0.329 e. The van der Waals surface area contributed by atoms with E-state index in [1.807, 2.05) is 67.6 Å². The van der Waals surface area contributed by atoms with E-state index in [1.165, 1.54) is 25.7 Å². The van der Waals surface area contributed by atoms with Crippen LogP contribution in [0.15, 0.2) is 85.2 Å². The van der Waals surface area contributed by atoms with E-state index in [0.717, 1.165) is 46.4 Å². The van der Waals surface area contributed by atoms with E-state index in [0.29, 0.717) is 24.4 Å². The molecule has 2 amide bonds. The highest BCUT2D eigenvalue weighted by Gasteiger charge is 2.32. The Kier molecular flexibility index (Phi) is 17.8. The Morgan fingerprint density at radius 2 is 1.27 bits per heavy atom. The molecular formula is C49H64N4O7. The van der Waals surface area contributed by atoms with Crippen LogP contribution in [0.5, 0.6) is 5.75 Å². The number of aromatic nitrogens is 2. The molecule has 2 atom stereocenters. The Morgan fingerprint density at radius 1 is 0.650 bits per heavy atom. The van der Waals surface area contributed by atoms with Gasteiger partial charge in [0.05, 0.1) is 19.6 Å². The zero-order valence-corrected chi connectivity index (χ0v) is 36.8. The van der Waals surface area contributed by atoms with Crippen LogP contribution in [0.3, 0.4) is 0 Å². The summed E-state index contributed by atoms with van der Waals surface area (Å²) in [5.41, 5.74) is 3.79. The van der Waals surface area contributed by atoms with Crippen LogP contribution in [0.25, 0.3) is 22.5 Å². The number of nitrogens with zero attached hydrogens (tertiary/aromatic N) is 2. The van der Waals surface area contributed by atoms with Crippen molar-refractivity contribution in [2.75, 3.05) is 13.2 Å². The van der Waals surface area contributed by atoms with Gasteiger partial charge in [-0.25, -0.2) is 14.8 Å². The molecule has 322 valence electrons. The Labute approximate surface area is 356 Å². The fourth-order valence-corrected chi connectivity index (χ4v) is 6.26. The Balaban J connectivity index is 1.50. The second-order valence-electron chi connectivity index (χ2n) is 17.2. The van der Waals surface area contributed by atoms with Crippen LogP contribution < -0.4 is 15.4 Å². The summed E-state index contributed by atoms with van der Waals surface area (Å²) in [7, 11) is 0. The Morgan fingerprint density at radius 3 is 1.87 bits per heavy atom. The number of benzene rings is 3. The van der Waals surface area contributed by atoms with Gasteiger partial charge in [0.15, 0.2) is 5.82 Å². The van der Waals surface area contributed by atoms with Crippen molar-refractivity contribution in [3.8, 4) is 28.3 Å². The van der Waals surface area contributed by atoms with Gasteiger partial charge in [0.25, 0.3) is 5.91 Å². The normalized spacial score (nSPS) is 12.5. The summed E-state index contributed by atoms with van der Waals surface area (Å²) in [4.78, 5) is 63.0. The Hall–Kier alpha value is -5.58. The van der Waals surface area contributed by atoms with Gasteiger partial charge in [0, 0.05) is 35.5 Å². The van der Waals surface area contributed by atoms with Crippen LogP contribution in [-0.2, 0) is 35.7 Å². The van der Waals surface area contributed by atoms with E-state index < -0.39 is 47.9 Å². The molecule has 11 nitrogen and oxygen atoms in total. The number of ether oxygens (including phenoxy) is 3. The first-order chi connectivity index (χ1) is 28.6. The second kappa shape index (κ2) is 22.7. The minimum Gasteiger partial charge on any atom is -0.494 e. The number of carbonyl (C=O) groups is 4. The first-order valence-electron chi connectivity index (χ1n) is 21.3. The number of esters is 2. The molecular weight excluding hydrogens is 757 g/mol. The number of hydrogen-bond donors (Lipinski definition) is 2. The van der Waals surface area contributed by atoms with Crippen molar-refractivity contribution in [3.63, 3.8) is 0 Å². The van der Waals surface area contributed by atoms with Gasteiger partial charge < -0.3 is 24.8 Å². The van der Waals surface area contributed by atoms with E-state index in [4.69, 9.17) is 14.2 Å². The second-order valence-corrected chi connectivity index (χ2v) is 17.2. The van der Waals surface area contributed by atoms with Crippen LogP contribution in [0.4, 0.5) is 0 Å². The van der Waals surface area contributed by atoms with Gasteiger partial charge >= 0.3 is 11.9 Å². The van der Waals surface area contributed by atoms with E-state index in [2.05, 4.69) is 48.3 Å². The molecule has 2 N–H and O–H groups in total. The highest BCUT2D eigenvalue weighted by molar-refractivity contribution is 5.98. The average Bonchev–Trinajstić information content (AvgIpc) is 3.21. The molecule has 0 radical (unpaired) electrons. The zero-order chi connectivity index (χ0) is 43.7. The lowest BCUT2D eigenvalue weighted by Crippen LogP contribution is -2.54. The van der Waals surface area contributed by atoms with Crippen molar-refractivity contribution in [2.45, 2.75) is 136 Å². The molecule has 0 saturated heterocycles. The number of amides is 2. The molecule has 0 fully saturated rings. The molecule has 0 aliphatic carbocycles. The number of unbranched alkanes of at least 4 members (excludes halogenated alkanes) is 5. The fraction of sp³-hybridized carbons (Fsp3) is 0.469. The largest absolute Gasteiger partial charge is 0.494 e. The monoisotopic (exact) mass is 820 g/mol. The molecule has 3 aromatic carbocycles. The molecule has 60 heavy (non-hydrogen) atoms. The molecule has 0 spiro atoms. The van der Waals surface area contributed by atoms with Crippen LogP contribution in [0.1, 0.15) is 128 Å². The summed E-state index contributed by atoms with van der Waals surface area (Å²) in [6, 6.07) is 20.1. The number of rotatable bonds is 21. The topological polar surface area (TPSA) is 146 Å². The predicted octanol–water partition coefficient (Wildman–Crippen LogP) is 9.36. The summed E-state index contributed by atoms with van der Waals surface area (Å²) in [6.07, 6.45) is 10.7. The van der Waals surface area contributed by atoms with Gasteiger partial charge in [-0.1, -0.05) is 115 Å². The summed E-state index contributed by atoms with van der Waals surface area (Å²) >= 11 is 0. The van der Waals surface area contributed by atoms with Gasteiger partial charge in [0.2, 0.25) is 5.91 Å². The van der Waals surface area contributed by atoms with Crippen molar-refractivity contribution < 1.29 is 33.4 Å². The number of carbonyl (C=O) groups excluding carboxylic acids is 4. The van der Waals surface area contributed by atoms with Crippen molar-refractivity contribution in [1.82, 2.24) is 20.6 Å². The van der Waals surface area contributed by atoms with Gasteiger partial charge in [0.1, 0.15) is 23.4 Å². The summed E-state index contributed by atoms with van der Waals surface area (Å²) in [5, 5.41) is 5.55. The van der Waals surface area contributed by atoms with Gasteiger partial charge in [-0.3, -0.25) is 14.4 Å². The standard InChI is InChI=1S/C49H64N4O7/c1-9-11-13-14-15-29-58-40-26-22-35(23-27-40)38-32-50-44(51-33-38)36-18-16-34(17-19-36)30-41(52-45(55)37-20-24-39(25-21-37)48(3,4)5)46(56)53-42(47(57)60-49(6,7)8)31-43(54)59-28-12-10-2/h16-27,32-33,41-42H,9-15,28-31H2,1-8H3,(H,52,55)(H,53,56)/t41-,42-/m0/s1. The molecule has 0 bridgehead atoms. The molecule has 0 aliphatic heterocycles. The minimum atomic E-state index is -1.34. The number of hydrogen-bond acceptors (Lipinski definition) is 9. The molecule has 1 aromatic heterocycles. The van der Waals surface area contributed by atoms with E-state index in [1.54, 1.807) is 45.3 Å². The molecule has 0 unspecified atom stereocenters. The highest BCUT2D eigenvalue weighted by Crippen LogP contribution is 2.25. The maximum Gasteiger partial charge on any atom is 0.329 e. The van der Waals surface area contributed by atoms with E-state index >= 15 is 0 Å².